The van der Waals surface area contributed by atoms with Crippen LogP contribution in [0.1, 0.15) is 18.7 Å². The van der Waals surface area contributed by atoms with Crippen molar-refractivity contribution in [2.75, 3.05) is 0 Å². The highest BCUT2D eigenvalue weighted by molar-refractivity contribution is 7.26. The van der Waals surface area contributed by atoms with Gasteiger partial charge in [-0.1, -0.05) is 146 Å². The SMILES string of the molecule is C1=CCCC(c2nc(-c3ccc(-c4ccc5nc(-c6ccccc6)c6sc7ccccc7c6c5c4)cc3)cc(-c3ccc(-n4c5ccccc5c5ccccc54)cc3)n2)=C1. The quantitative estimate of drug-likeness (QED) is 0.169. The number of aromatic nitrogens is 4. The fourth-order valence-corrected chi connectivity index (χ4v) is 10.2. The summed E-state index contributed by atoms with van der Waals surface area (Å²) in [5, 5.41) is 6.23. The first-order valence-corrected chi connectivity index (χ1v) is 21.3. The Bertz CT molecular complexity index is 3470. The number of hydrogen-bond donors (Lipinski definition) is 0. The number of benzene rings is 7. The lowest BCUT2D eigenvalue weighted by molar-refractivity contribution is 1.01. The van der Waals surface area contributed by atoms with Crippen LogP contribution in [0.3, 0.4) is 0 Å². The van der Waals surface area contributed by atoms with Crippen LogP contribution >= 0.6 is 11.3 Å². The standard InChI is InChI=1S/C55H36N4S/c1-3-13-38(14-4-1)53-54-52(44-19-9-12-22-51(44)60-54)45-33-40(29-32-46(45)56-53)35-23-25-36(26-24-35)47-34-48(58-55(57-47)39-15-5-2-6-16-39)37-27-30-41(31-28-37)59-49-20-10-7-17-42(49)43-18-8-11-21-50(43)59/h1-5,7-15,17-34H,6,16H2. The Morgan fingerprint density at radius 3 is 1.80 bits per heavy atom. The Labute approximate surface area is 351 Å². The van der Waals surface area contributed by atoms with Gasteiger partial charge in [-0.25, -0.2) is 15.0 Å². The molecule has 0 radical (unpaired) electrons. The van der Waals surface area contributed by atoms with E-state index in [4.69, 9.17) is 15.0 Å². The van der Waals surface area contributed by atoms with E-state index in [1.807, 2.05) is 11.3 Å². The molecule has 0 unspecified atom stereocenters. The predicted molar refractivity (Wildman–Crippen MR) is 253 cm³/mol. The summed E-state index contributed by atoms with van der Waals surface area (Å²) in [7, 11) is 0. The van der Waals surface area contributed by atoms with Crippen molar-refractivity contribution in [3.8, 4) is 50.6 Å². The van der Waals surface area contributed by atoms with E-state index in [9.17, 15) is 0 Å². The summed E-state index contributed by atoms with van der Waals surface area (Å²) < 4.78 is 4.85. The molecule has 0 fully saturated rings. The van der Waals surface area contributed by atoms with Crippen molar-refractivity contribution in [1.82, 2.24) is 19.5 Å². The predicted octanol–water partition coefficient (Wildman–Crippen LogP) is 14.9. The first-order chi connectivity index (χ1) is 29.7. The zero-order valence-electron chi connectivity index (χ0n) is 32.6. The number of para-hydroxylation sites is 2. The minimum absolute atomic E-state index is 0.784. The van der Waals surface area contributed by atoms with Gasteiger partial charge in [0.05, 0.1) is 38.3 Å². The van der Waals surface area contributed by atoms with Crippen molar-refractivity contribution in [3.63, 3.8) is 0 Å². The van der Waals surface area contributed by atoms with Gasteiger partial charge >= 0.3 is 0 Å². The van der Waals surface area contributed by atoms with Crippen molar-refractivity contribution in [2.24, 2.45) is 0 Å². The minimum atomic E-state index is 0.784. The monoisotopic (exact) mass is 784 g/mol. The van der Waals surface area contributed by atoms with Crippen molar-refractivity contribution in [3.05, 3.63) is 200 Å². The molecule has 0 saturated heterocycles. The number of pyridine rings is 1. The summed E-state index contributed by atoms with van der Waals surface area (Å²) in [5.74, 6) is 0.784. The topological polar surface area (TPSA) is 43.6 Å². The van der Waals surface area contributed by atoms with Crippen LogP contribution in [0.25, 0.3) is 109 Å². The van der Waals surface area contributed by atoms with E-state index in [-0.39, 0.29) is 0 Å². The van der Waals surface area contributed by atoms with Gasteiger partial charge < -0.3 is 4.57 Å². The average Bonchev–Trinajstić information content (AvgIpc) is 3.89. The molecule has 1 aliphatic carbocycles. The van der Waals surface area contributed by atoms with Crippen molar-refractivity contribution >= 4 is 69.8 Å². The van der Waals surface area contributed by atoms with Crippen LogP contribution in [-0.2, 0) is 0 Å². The van der Waals surface area contributed by atoms with Crippen LogP contribution in [0.15, 0.2) is 194 Å². The zero-order chi connectivity index (χ0) is 39.6. The lowest BCUT2D eigenvalue weighted by atomic mass is 9.97. The molecule has 0 aliphatic heterocycles. The molecule has 11 aromatic rings. The second-order valence-electron chi connectivity index (χ2n) is 15.5. The maximum Gasteiger partial charge on any atom is 0.156 e. The molecule has 60 heavy (non-hydrogen) atoms. The van der Waals surface area contributed by atoms with E-state index in [0.29, 0.717) is 0 Å². The van der Waals surface area contributed by atoms with Crippen LogP contribution in [-0.4, -0.2) is 19.5 Å². The zero-order valence-corrected chi connectivity index (χ0v) is 33.4. The lowest BCUT2D eigenvalue weighted by Crippen LogP contribution is -2.01. The lowest BCUT2D eigenvalue weighted by Gasteiger charge is -2.14. The largest absolute Gasteiger partial charge is 0.309 e. The number of nitrogens with zero attached hydrogens (tertiary/aromatic N) is 4. The van der Waals surface area contributed by atoms with Crippen LogP contribution in [0.5, 0.6) is 0 Å². The molecule has 5 heteroatoms. The van der Waals surface area contributed by atoms with E-state index < -0.39 is 0 Å². The molecule has 0 atom stereocenters. The van der Waals surface area contributed by atoms with E-state index >= 15 is 0 Å². The second kappa shape index (κ2) is 14.1. The maximum atomic E-state index is 5.27. The highest BCUT2D eigenvalue weighted by Crippen LogP contribution is 2.44. The average molecular weight is 785 g/mol. The first-order valence-electron chi connectivity index (χ1n) is 20.5. The van der Waals surface area contributed by atoms with Gasteiger partial charge in [0.25, 0.3) is 0 Å². The Morgan fingerprint density at radius 1 is 0.483 bits per heavy atom. The number of hydrogen-bond acceptors (Lipinski definition) is 4. The Hall–Kier alpha value is -7.47. The van der Waals surface area contributed by atoms with Gasteiger partial charge in [-0.05, 0) is 78.1 Å². The normalized spacial score (nSPS) is 12.9. The molecule has 1 aliphatic rings. The van der Waals surface area contributed by atoms with E-state index in [1.54, 1.807) is 0 Å². The molecule has 0 amide bonds. The maximum absolute atomic E-state index is 5.27. The van der Waals surface area contributed by atoms with Gasteiger partial charge in [0.15, 0.2) is 5.82 Å². The van der Waals surface area contributed by atoms with E-state index in [2.05, 4.69) is 199 Å². The summed E-state index contributed by atoms with van der Waals surface area (Å²) in [6, 6.07) is 63.0. The van der Waals surface area contributed by atoms with Gasteiger partial charge in [0, 0.05) is 54.0 Å². The third-order valence-corrected chi connectivity index (χ3v) is 13.1. The summed E-state index contributed by atoms with van der Waals surface area (Å²) in [4.78, 5) is 15.6. The third-order valence-electron chi connectivity index (χ3n) is 11.9. The van der Waals surface area contributed by atoms with Crippen LogP contribution in [0, 0.1) is 0 Å². The highest BCUT2D eigenvalue weighted by atomic mass is 32.1. The molecule has 0 bridgehead atoms. The molecule has 0 spiro atoms. The second-order valence-corrected chi connectivity index (χ2v) is 16.5. The molecular weight excluding hydrogens is 749 g/mol. The van der Waals surface area contributed by atoms with Gasteiger partial charge in [-0.2, -0.15) is 0 Å². The molecular formula is C55H36N4S. The van der Waals surface area contributed by atoms with Crippen LogP contribution in [0.4, 0.5) is 0 Å². The Kier molecular flexibility index (Phi) is 8.13. The number of allylic oxidation sites excluding steroid dienone is 4. The molecule has 7 aromatic carbocycles. The molecule has 0 N–H and O–H groups in total. The fourth-order valence-electron chi connectivity index (χ4n) is 8.95. The Balaban J connectivity index is 0.931. The number of fused-ring (bicyclic) bond motifs is 8. The highest BCUT2D eigenvalue weighted by Gasteiger charge is 2.18. The number of thiophene rings is 1. The fraction of sp³-hybridized carbons (Fsp3) is 0.0364. The van der Waals surface area contributed by atoms with Gasteiger partial charge in [-0.3, -0.25) is 0 Å². The Morgan fingerprint density at radius 2 is 1.10 bits per heavy atom. The first kappa shape index (κ1) is 34.6. The molecule has 0 saturated carbocycles. The van der Waals surface area contributed by atoms with E-state index in [0.717, 1.165) is 80.3 Å². The van der Waals surface area contributed by atoms with Crippen LogP contribution in [0.2, 0.25) is 0 Å². The van der Waals surface area contributed by atoms with Gasteiger partial charge in [0.2, 0.25) is 0 Å². The summed E-state index contributed by atoms with van der Waals surface area (Å²) in [5.41, 5.74) is 14.1. The van der Waals surface area contributed by atoms with Crippen molar-refractivity contribution in [2.45, 2.75) is 12.8 Å². The molecule has 4 aromatic heterocycles. The summed E-state index contributed by atoms with van der Waals surface area (Å²) in [6.45, 7) is 0. The van der Waals surface area contributed by atoms with Crippen molar-refractivity contribution < 1.29 is 0 Å². The van der Waals surface area contributed by atoms with Gasteiger partial charge in [0.1, 0.15) is 0 Å². The minimum Gasteiger partial charge on any atom is -0.309 e. The van der Waals surface area contributed by atoms with E-state index in [1.165, 1.54) is 47.4 Å². The summed E-state index contributed by atoms with van der Waals surface area (Å²) >= 11 is 1.83. The molecule has 4 nitrogen and oxygen atoms in total. The van der Waals surface area contributed by atoms with Crippen molar-refractivity contribution in [1.29, 1.82) is 0 Å². The molecule has 282 valence electrons. The third kappa shape index (κ3) is 5.77. The molecule has 12 rings (SSSR count). The smallest absolute Gasteiger partial charge is 0.156 e. The van der Waals surface area contributed by atoms with Gasteiger partial charge in [-0.15, -0.1) is 11.3 Å². The van der Waals surface area contributed by atoms with Crippen LogP contribution < -0.4 is 0 Å². The number of rotatable bonds is 6. The summed E-state index contributed by atoms with van der Waals surface area (Å²) in [6.07, 6.45) is 8.39. The molecule has 4 heterocycles.